The third-order valence-electron chi connectivity index (χ3n) is 8.49. The maximum Gasteiger partial charge on any atom is 0.472 e. The fourth-order valence-electron chi connectivity index (χ4n) is 5.58. The zero-order valence-corrected chi connectivity index (χ0v) is 34.4. The van der Waals surface area contributed by atoms with Crippen LogP contribution in [0.3, 0.4) is 0 Å². The van der Waals surface area contributed by atoms with Crippen molar-refractivity contribution in [1.82, 2.24) is 0 Å². The number of rotatable bonds is 37. The predicted molar refractivity (Wildman–Crippen MR) is 198 cm³/mol. The first-order valence-corrected chi connectivity index (χ1v) is 21.0. The zero-order chi connectivity index (χ0) is 34.7. The molecule has 0 fully saturated rings. The van der Waals surface area contributed by atoms with E-state index in [4.69, 9.17) is 24.3 Å². The summed E-state index contributed by atoms with van der Waals surface area (Å²) < 4.78 is 32.7. The number of nitrogens with two attached hydrogens (primary N) is 1. The van der Waals surface area contributed by atoms with E-state index in [1.54, 1.807) is 0 Å². The van der Waals surface area contributed by atoms with Crippen molar-refractivity contribution in [2.75, 3.05) is 26.4 Å². The van der Waals surface area contributed by atoms with Crippen LogP contribution < -0.4 is 5.73 Å². The number of carbonyl (C=O) groups is 2. The SMILES string of the molecule is CCCCCCCCCCCCCCCC(=O)OC[C@H](COP(=O)(O)OCCN)OC(=O)CCCCCCCCCCCCCCC.[Na]. The second-order valence-corrected chi connectivity index (χ2v) is 14.6. The van der Waals surface area contributed by atoms with Crippen molar-refractivity contribution in [3.8, 4) is 0 Å². The molecule has 0 saturated heterocycles. The molecule has 0 amide bonds. The van der Waals surface area contributed by atoms with E-state index in [1.165, 1.54) is 128 Å². The molecule has 11 heteroatoms. The molecular formula is C37H74NNaO8P. The molecule has 0 rings (SSSR count). The van der Waals surface area contributed by atoms with E-state index in [0.29, 0.717) is 6.42 Å². The number of hydrogen-bond acceptors (Lipinski definition) is 8. The average molecular weight is 715 g/mol. The van der Waals surface area contributed by atoms with Gasteiger partial charge in [-0.25, -0.2) is 4.57 Å². The largest absolute Gasteiger partial charge is 0.472 e. The number of unbranched alkanes of at least 4 members (excludes halogenated alkanes) is 24. The summed E-state index contributed by atoms with van der Waals surface area (Å²) in [6.07, 6.45) is 31.2. The van der Waals surface area contributed by atoms with E-state index < -0.39 is 26.5 Å². The zero-order valence-electron chi connectivity index (χ0n) is 31.5. The summed E-state index contributed by atoms with van der Waals surface area (Å²) in [6, 6.07) is 0. The van der Waals surface area contributed by atoms with Crippen LogP contribution in [0.15, 0.2) is 0 Å². The second-order valence-electron chi connectivity index (χ2n) is 13.2. The minimum Gasteiger partial charge on any atom is -0.462 e. The van der Waals surface area contributed by atoms with Gasteiger partial charge in [-0.1, -0.05) is 168 Å². The molecule has 0 aliphatic heterocycles. The average Bonchev–Trinajstić information content (AvgIpc) is 3.05. The molecule has 2 atom stereocenters. The molecule has 48 heavy (non-hydrogen) atoms. The Bertz CT molecular complexity index is 761. The van der Waals surface area contributed by atoms with E-state index in [9.17, 15) is 19.0 Å². The first-order valence-electron chi connectivity index (χ1n) is 19.5. The van der Waals surface area contributed by atoms with Crippen molar-refractivity contribution >= 4 is 49.3 Å². The summed E-state index contributed by atoms with van der Waals surface area (Å²) in [6.45, 7) is 3.74. The van der Waals surface area contributed by atoms with Crippen molar-refractivity contribution < 1.29 is 37.6 Å². The molecule has 0 aliphatic carbocycles. The molecule has 1 unspecified atom stereocenters. The molecule has 1 radical (unpaired) electrons. The third-order valence-corrected chi connectivity index (χ3v) is 9.48. The third kappa shape index (κ3) is 37.3. The van der Waals surface area contributed by atoms with Gasteiger partial charge in [-0.3, -0.25) is 18.6 Å². The Hall–Kier alpha value is 0.0100. The number of hydrogen-bond donors (Lipinski definition) is 2. The molecule has 0 aromatic heterocycles. The topological polar surface area (TPSA) is 134 Å². The first kappa shape index (κ1) is 50.1. The Morgan fingerprint density at radius 1 is 0.562 bits per heavy atom. The van der Waals surface area contributed by atoms with Gasteiger partial charge in [0.25, 0.3) is 0 Å². The maximum absolute atomic E-state index is 12.5. The molecule has 0 aliphatic rings. The summed E-state index contributed by atoms with van der Waals surface area (Å²) in [5.41, 5.74) is 5.33. The molecule has 9 nitrogen and oxygen atoms in total. The fourth-order valence-corrected chi connectivity index (χ4v) is 6.34. The van der Waals surface area contributed by atoms with Crippen molar-refractivity contribution in [2.24, 2.45) is 5.73 Å². The molecule has 0 aromatic rings. The maximum atomic E-state index is 12.5. The van der Waals surface area contributed by atoms with E-state index in [1.807, 2.05) is 0 Å². The summed E-state index contributed by atoms with van der Waals surface area (Å²) in [5, 5.41) is 0. The predicted octanol–water partition coefficient (Wildman–Crippen LogP) is 10.1. The summed E-state index contributed by atoms with van der Waals surface area (Å²) in [7, 11) is -4.36. The van der Waals surface area contributed by atoms with Gasteiger partial charge in [0.15, 0.2) is 6.10 Å². The molecule has 0 saturated carbocycles. The van der Waals surface area contributed by atoms with Crippen molar-refractivity contribution in [3.63, 3.8) is 0 Å². The Balaban J connectivity index is 0. The van der Waals surface area contributed by atoms with Gasteiger partial charge in [-0.2, -0.15) is 0 Å². The van der Waals surface area contributed by atoms with Gasteiger partial charge in [-0.05, 0) is 12.8 Å². The van der Waals surface area contributed by atoms with Crippen LogP contribution in [0.2, 0.25) is 0 Å². The van der Waals surface area contributed by atoms with Crippen LogP contribution in [0.4, 0.5) is 0 Å². The van der Waals surface area contributed by atoms with Crippen molar-refractivity contribution in [1.29, 1.82) is 0 Å². The Labute approximate surface area is 317 Å². The van der Waals surface area contributed by atoms with Gasteiger partial charge in [0.2, 0.25) is 0 Å². The number of ether oxygens (including phenoxy) is 2. The van der Waals surface area contributed by atoms with E-state index >= 15 is 0 Å². The molecule has 281 valence electrons. The number of phosphoric acid groups is 1. The number of carbonyl (C=O) groups excluding carboxylic acids is 2. The Kier molecular flexibility index (Phi) is 39.9. The summed E-state index contributed by atoms with van der Waals surface area (Å²) in [5.74, 6) is -0.818. The van der Waals surface area contributed by atoms with Crippen LogP contribution in [0.5, 0.6) is 0 Å². The number of esters is 2. The van der Waals surface area contributed by atoms with Gasteiger partial charge in [0, 0.05) is 48.9 Å². The normalized spacial score (nSPS) is 13.1. The fraction of sp³-hybridized carbons (Fsp3) is 0.946. The van der Waals surface area contributed by atoms with Gasteiger partial charge in [-0.15, -0.1) is 0 Å². The quantitative estimate of drug-likeness (QED) is 0.0279. The summed E-state index contributed by atoms with van der Waals surface area (Å²) >= 11 is 0. The second kappa shape index (κ2) is 38.2. The minimum absolute atomic E-state index is 0. The van der Waals surface area contributed by atoms with E-state index in [0.717, 1.165) is 32.1 Å². The van der Waals surface area contributed by atoms with E-state index in [-0.39, 0.29) is 68.1 Å². The van der Waals surface area contributed by atoms with Crippen LogP contribution in [-0.2, 0) is 32.7 Å². The van der Waals surface area contributed by atoms with E-state index in [2.05, 4.69) is 13.8 Å². The van der Waals surface area contributed by atoms with Gasteiger partial charge in [0.1, 0.15) is 6.61 Å². The van der Waals surface area contributed by atoms with Crippen molar-refractivity contribution in [2.45, 2.75) is 200 Å². The monoisotopic (exact) mass is 715 g/mol. The minimum atomic E-state index is -4.36. The first-order chi connectivity index (χ1) is 22.8. The standard InChI is InChI=1S/C37H74NO8P.Na/c1-3-5-7-9-11-13-15-17-19-21-23-25-27-29-36(39)43-33-35(34-45-47(41,42)44-32-31-38)46-37(40)30-28-26-24-22-20-18-16-14-12-10-8-6-4-2;/h35H,3-34,38H2,1-2H3,(H,41,42);/t35-;/m1./s1. The molecule has 0 heterocycles. The van der Waals surface area contributed by atoms with Crippen LogP contribution in [0.1, 0.15) is 194 Å². The van der Waals surface area contributed by atoms with Gasteiger partial charge in [0.05, 0.1) is 13.2 Å². The summed E-state index contributed by atoms with van der Waals surface area (Å²) in [4.78, 5) is 34.7. The Morgan fingerprint density at radius 3 is 1.29 bits per heavy atom. The molecule has 0 bridgehead atoms. The van der Waals surface area contributed by atoms with Crippen LogP contribution >= 0.6 is 7.82 Å². The van der Waals surface area contributed by atoms with Crippen molar-refractivity contribution in [3.05, 3.63) is 0 Å². The van der Waals surface area contributed by atoms with Crippen LogP contribution in [0.25, 0.3) is 0 Å². The van der Waals surface area contributed by atoms with Gasteiger partial charge < -0.3 is 20.1 Å². The van der Waals surface area contributed by atoms with Gasteiger partial charge >= 0.3 is 19.8 Å². The Morgan fingerprint density at radius 2 is 0.917 bits per heavy atom. The van der Waals surface area contributed by atoms with Crippen LogP contribution in [0, 0.1) is 0 Å². The molecule has 0 aromatic carbocycles. The number of phosphoric ester groups is 1. The van der Waals surface area contributed by atoms with Crippen LogP contribution in [-0.4, -0.2) is 78.9 Å². The molecule has 0 spiro atoms. The smallest absolute Gasteiger partial charge is 0.462 e. The molecule has 3 N–H and O–H groups in total. The molecular weight excluding hydrogens is 640 g/mol.